The van der Waals surface area contributed by atoms with Crippen molar-refractivity contribution in [3.05, 3.63) is 60.4 Å². The Hall–Kier alpha value is -2.95. The van der Waals surface area contributed by atoms with E-state index in [2.05, 4.69) is 0 Å². The molecule has 5 rings (SSSR count). The summed E-state index contributed by atoms with van der Waals surface area (Å²) in [6, 6.07) is 16.2. The number of rotatable bonds is 1. The Morgan fingerprint density at radius 2 is 1.29 bits per heavy atom. The molecular formula is C19H12BFO3. The predicted octanol–water partition coefficient (Wildman–Crippen LogP) is 2.56. The number of hydrogen-bond donors (Lipinski definition) is 0. The van der Waals surface area contributed by atoms with Crippen molar-refractivity contribution >= 4 is 23.1 Å². The molecule has 5 heteroatoms. The Morgan fingerprint density at radius 3 is 1.96 bits per heavy atom. The first kappa shape index (κ1) is 13.5. The lowest BCUT2D eigenvalue weighted by Crippen LogP contribution is -2.58. The summed E-state index contributed by atoms with van der Waals surface area (Å²) in [6.45, 7) is -0.318. The molecule has 3 nitrogen and oxygen atoms in total. The molecule has 0 spiro atoms. The van der Waals surface area contributed by atoms with E-state index in [1.165, 1.54) is 6.07 Å². The zero-order chi connectivity index (χ0) is 16.3. The van der Waals surface area contributed by atoms with E-state index in [0.29, 0.717) is 34.2 Å². The minimum Gasteiger partial charge on any atom is -0.497 e. The summed E-state index contributed by atoms with van der Waals surface area (Å²) in [5.41, 5.74) is 2.19. The average molecular weight is 318 g/mol. The fourth-order valence-corrected chi connectivity index (χ4v) is 3.62. The van der Waals surface area contributed by atoms with Crippen LogP contribution in [0, 0.1) is 5.82 Å². The van der Waals surface area contributed by atoms with Crippen LogP contribution in [0.3, 0.4) is 0 Å². The fourth-order valence-electron chi connectivity index (χ4n) is 3.62. The molecule has 0 unspecified atom stereocenters. The Kier molecular flexibility index (Phi) is 2.68. The zero-order valence-corrected chi connectivity index (χ0v) is 12.9. The molecule has 2 aliphatic heterocycles. The number of benzene rings is 3. The first-order chi connectivity index (χ1) is 11.8. The van der Waals surface area contributed by atoms with Crippen LogP contribution >= 0.6 is 0 Å². The van der Waals surface area contributed by atoms with Crippen LogP contribution in [0.4, 0.5) is 4.39 Å². The lowest BCUT2D eigenvalue weighted by atomic mass is 9.34. The molecular weight excluding hydrogens is 306 g/mol. The summed E-state index contributed by atoms with van der Waals surface area (Å²) in [4.78, 5) is 0. The normalized spacial score (nSPS) is 13.2. The summed E-state index contributed by atoms with van der Waals surface area (Å²) in [7, 11) is 1.61. The van der Waals surface area contributed by atoms with Crippen LogP contribution in [0.25, 0.3) is 0 Å². The molecule has 24 heavy (non-hydrogen) atoms. The third-order valence-corrected chi connectivity index (χ3v) is 4.59. The number of ether oxygens (including phenoxy) is 3. The summed E-state index contributed by atoms with van der Waals surface area (Å²) >= 11 is 0. The molecule has 0 radical (unpaired) electrons. The van der Waals surface area contributed by atoms with Gasteiger partial charge < -0.3 is 14.2 Å². The van der Waals surface area contributed by atoms with Crippen LogP contribution < -0.4 is 30.6 Å². The van der Waals surface area contributed by atoms with E-state index < -0.39 is 0 Å². The van der Waals surface area contributed by atoms with Crippen LogP contribution in [0.1, 0.15) is 0 Å². The van der Waals surface area contributed by atoms with Crippen molar-refractivity contribution in [2.24, 2.45) is 0 Å². The van der Waals surface area contributed by atoms with Crippen molar-refractivity contribution in [2.75, 3.05) is 7.11 Å². The van der Waals surface area contributed by atoms with Gasteiger partial charge in [0.05, 0.1) is 7.11 Å². The second-order valence-corrected chi connectivity index (χ2v) is 5.83. The van der Waals surface area contributed by atoms with Crippen LogP contribution in [0.5, 0.6) is 28.7 Å². The molecule has 0 aromatic heterocycles. The van der Waals surface area contributed by atoms with E-state index in [1.807, 2.05) is 36.4 Å². The molecule has 0 saturated carbocycles. The van der Waals surface area contributed by atoms with Crippen LogP contribution in [0.15, 0.2) is 54.6 Å². The van der Waals surface area contributed by atoms with Gasteiger partial charge in [0.15, 0.2) is 0 Å². The number of hydrogen-bond acceptors (Lipinski definition) is 3. The highest BCUT2D eigenvalue weighted by molar-refractivity contribution is 6.98. The van der Waals surface area contributed by atoms with Gasteiger partial charge in [-0.05, 0) is 36.4 Å². The summed E-state index contributed by atoms with van der Waals surface area (Å²) in [6.07, 6.45) is 0. The second kappa shape index (κ2) is 4.77. The van der Waals surface area contributed by atoms with E-state index in [4.69, 9.17) is 14.2 Å². The first-order valence-corrected chi connectivity index (χ1v) is 7.72. The topological polar surface area (TPSA) is 27.7 Å². The predicted molar refractivity (Wildman–Crippen MR) is 90.6 cm³/mol. The van der Waals surface area contributed by atoms with Gasteiger partial charge in [0.25, 0.3) is 6.71 Å². The minimum absolute atomic E-state index is 0.295. The third kappa shape index (κ3) is 1.67. The van der Waals surface area contributed by atoms with Gasteiger partial charge in [0.2, 0.25) is 0 Å². The molecule has 0 fully saturated rings. The Morgan fingerprint density at radius 1 is 0.750 bits per heavy atom. The Balaban J connectivity index is 1.90. The van der Waals surface area contributed by atoms with Gasteiger partial charge in [0.1, 0.15) is 34.6 Å². The Labute approximate surface area is 138 Å². The average Bonchev–Trinajstić information content (AvgIpc) is 2.61. The number of halogens is 1. The summed E-state index contributed by atoms with van der Waals surface area (Å²) < 4.78 is 32.2. The van der Waals surface area contributed by atoms with E-state index >= 15 is 0 Å². The highest BCUT2D eigenvalue weighted by Crippen LogP contribution is 2.36. The molecule has 0 bridgehead atoms. The molecule has 2 heterocycles. The van der Waals surface area contributed by atoms with Gasteiger partial charge in [-0.25, -0.2) is 4.39 Å². The van der Waals surface area contributed by atoms with Gasteiger partial charge in [-0.1, -0.05) is 18.2 Å². The molecule has 2 aliphatic rings. The smallest absolute Gasteiger partial charge is 0.269 e. The van der Waals surface area contributed by atoms with Crippen molar-refractivity contribution in [3.63, 3.8) is 0 Å². The van der Waals surface area contributed by atoms with Crippen molar-refractivity contribution in [2.45, 2.75) is 0 Å². The fraction of sp³-hybridized carbons (Fsp3) is 0.0526. The molecule has 116 valence electrons. The van der Waals surface area contributed by atoms with Gasteiger partial charge in [-0.3, -0.25) is 0 Å². The lowest BCUT2D eigenvalue weighted by Gasteiger charge is -2.33. The summed E-state index contributed by atoms with van der Waals surface area (Å²) in [5.74, 6) is 2.97. The maximum atomic E-state index is 14.7. The van der Waals surface area contributed by atoms with Crippen LogP contribution in [-0.4, -0.2) is 13.8 Å². The monoisotopic (exact) mass is 318 g/mol. The summed E-state index contributed by atoms with van der Waals surface area (Å²) in [5, 5.41) is 0. The minimum atomic E-state index is -0.318. The van der Waals surface area contributed by atoms with Crippen molar-refractivity contribution in [1.29, 1.82) is 0 Å². The molecule has 3 aromatic rings. The standard InChI is InChI=1S/C19H12BFO3/c1-22-12-6-3-8-14-18(12)20-17-11(21)5-2-7-13(17)23-15-9-4-10-16(24-14)19(15)20/h2-10H,1H3. The number of fused-ring (bicyclic) bond motifs is 4. The van der Waals surface area contributed by atoms with Crippen molar-refractivity contribution < 1.29 is 18.6 Å². The highest BCUT2D eigenvalue weighted by Gasteiger charge is 2.43. The van der Waals surface area contributed by atoms with Crippen LogP contribution in [-0.2, 0) is 0 Å². The van der Waals surface area contributed by atoms with Crippen LogP contribution in [0.2, 0.25) is 0 Å². The first-order valence-electron chi connectivity index (χ1n) is 7.72. The van der Waals surface area contributed by atoms with E-state index in [9.17, 15) is 4.39 Å². The molecule has 3 aromatic carbocycles. The third-order valence-electron chi connectivity index (χ3n) is 4.59. The van der Waals surface area contributed by atoms with E-state index in [0.717, 1.165) is 10.9 Å². The van der Waals surface area contributed by atoms with E-state index in [-0.39, 0.29) is 12.5 Å². The van der Waals surface area contributed by atoms with Crippen molar-refractivity contribution in [1.82, 2.24) is 0 Å². The molecule has 0 amide bonds. The zero-order valence-electron chi connectivity index (χ0n) is 12.9. The Bertz CT molecular complexity index is 952. The van der Waals surface area contributed by atoms with E-state index in [1.54, 1.807) is 19.2 Å². The molecule has 0 aliphatic carbocycles. The highest BCUT2D eigenvalue weighted by atomic mass is 19.1. The number of methoxy groups -OCH3 is 1. The SMILES string of the molecule is COc1cccc2c1B1c3c(F)cccc3Oc3cccc(c31)O2. The second-order valence-electron chi connectivity index (χ2n) is 5.83. The quantitative estimate of drug-likeness (QED) is 0.445. The largest absolute Gasteiger partial charge is 0.497 e. The maximum Gasteiger partial charge on any atom is 0.269 e. The van der Waals surface area contributed by atoms with Gasteiger partial charge in [0, 0.05) is 16.4 Å². The van der Waals surface area contributed by atoms with Gasteiger partial charge in [-0.2, -0.15) is 0 Å². The molecule has 0 atom stereocenters. The van der Waals surface area contributed by atoms with Gasteiger partial charge >= 0.3 is 0 Å². The molecule has 0 N–H and O–H groups in total. The van der Waals surface area contributed by atoms with Crippen molar-refractivity contribution in [3.8, 4) is 28.7 Å². The lowest BCUT2D eigenvalue weighted by molar-refractivity contribution is 0.412. The maximum absolute atomic E-state index is 14.7. The van der Waals surface area contributed by atoms with Gasteiger partial charge in [-0.15, -0.1) is 0 Å². The molecule has 0 saturated heterocycles.